The van der Waals surface area contributed by atoms with Crippen LogP contribution in [0.4, 0.5) is 5.69 Å². The number of rotatable bonds is 7. The molecule has 0 fully saturated rings. The van der Waals surface area contributed by atoms with Crippen LogP contribution in [0.2, 0.25) is 0 Å². The lowest BCUT2D eigenvalue weighted by atomic mass is 10.1. The lowest BCUT2D eigenvalue weighted by Crippen LogP contribution is -2.35. The number of methoxy groups -OCH3 is 2. The van der Waals surface area contributed by atoms with Crippen molar-refractivity contribution in [3.63, 3.8) is 0 Å². The number of benzene rings is 2. The number of hydrogen-bond acceptors (Lipinski definition) is 6. The lowest BCUT2D eigenvalue weighted by Gasteiger charge is -2.28. The fraction of sp³-hybridized carbons (Fsp3) is 0.208. The first-order valence-corrected chi connectivity index (χ1v) is 11.0. The van der Waals surface area contributed by atoms with E-state index in [9.17, 15) is 9.59 Å². The van der Waals surface area contributed by atoms with Crippen molar-refractivity contribution in [1.82, 2.24) is 10.3 Å². The number of carbonyl (C=O) groups is 2. The minimum absolute atomic E-state index is 0.0470. The molecule has 2 amide bonds. The van der Waals surface area contributed by atoms with E-state index < -0.39 is 0 Å². The summed E-state index contributed by atoms with van der Waals surface area (Å²) >= 11 is 1.45. The van der Waals surface area contributed by atoms with Gasteiger partial charge >= 0.3 is 0 Å². The van der Waals surface area contributed by atoms with Gasteiger partial charge < -0.3 is 19.7 Å². The minimum Gasteiger partial charge on any atom is -0.497 e. The van der Waals surface area contributed by atoms with E-state index in [1.165, 1.54) is 11.8 Å². The fourth-order valence-electron chi connectivity index (χ4n) is 3.43. The molecule has 0 atom stereocenters. The Morgan fingerprint density at radius 1 is 1.12 bits per heavy atom. The van der Waals surface area contributed by atoms with Gasteiger partial charge in [0.25, 0.3) is 5.91 Å². The molecular weight excluding hydrogens is 426 g/mol. The maximum absolute atomic E-state index is 12.6. The largest absolute Gasteiger partial charge is 0.497 e. The number of amides is 2. The van der Waals surface area contributed by atoms with E-state index in [2.05, 4.69) is 10.3 Å². The van der Waals surface area contributed by atoms with E-state index in [1.807, 2.05) is 36.4 Å². The summed E-state index contributed by atoms with van der Waals surface area (Å²) in [5, 5.41) is 3.77. The summed E-state index contributed by atoms with van der Waals surface area (Å²) in [6.07, 6.45) is 1.73. The number of thioether (sulfide) groups is 1. The highest BCUT2D eigenvalue weighted by Crippen LogP contribution is 2.34. The molecule has 1 aromatic heterocycles. The first-order chi connectivity index (χ1) is 15.6. The second kappa shape index (κ2) is 9.74. The predicted molar refractivity (Wildman–Crippen MR) is 123 cm³/mol. The zero-order valence-corrected chi connectivity index (χ0v) is 18.6. The van der Waals surface area contributed by atoms with Gasteiger partial charge in [-0.25, -0.2) is 4.98 Å². The van der Waals surface area contributed by atoms with Gasteiger partial charge in [-0.2, -0.15) is 0 Å². The van der Waals surface area contributed by atoms with Crippen LogP contribution in [0.15, 0.2) is 65.8 Å². The summed E-state index contributed by atoms with van der Waals surface area (Å²) < 4.78 is 10.6. The molecule has 164 valence electrons. The van der Waals surface area contributed by atoms with Crippen molar-refractivity contribution in [2.75, 3.05) is 24.9 Å². The second-order valence-corrected chi connectivity index (χ2v) is 8.12. The molecule has 1 N–H and O–H groups in total. The van der Waals surface area contributed by atoms with Crippen LogP contribution in [-0.2, 0) is 17.9 Å². The number of nitrogens with one attached hydrogen (secondary N) is 1. The average molecular weight is 450 g/mol. The fourth-order valence-corrected chi connectivity index (χ4v) is 4.31. The van der Waals surface area contributed by atoms with E-state index in [1.54, 1.807) is 43.5 Å². The molecule has 1 aliphatic rings. The molecule has 2 heterocycles. The Morgan fingerprint density at radius 3 is 2.69 bits per heavy atom. The van der Waals surface area contributed by atoms with Gasteiger partial charge in [-0.15, -0.1) is 0 Å². The van der Waals surface area contributed by atoms with Crippen LogP contribution in [0.25, 0.3) is 0 Å². The van der Waals surface area contributed by atoms with Crippen LogP contribution in [0.3, 0.4) is 0 Å². The molecule has 0 unspecified atom stereocenters. The van der Waals surface area contributed by atoms with E-state index in [-0.39, 0.29) is 11.8 Å². The maximum Gasteiger partial charge on any atom is 0.251 e. The molecule has 3 aromatic rings. The number of nitrogens with zero attached hydrogens (tertiary/aromatic N) is 2. The van der Waals surface area contributed by atoms with E-state index in [0.29, 0.717) is 35.9 Å². The van der Waals surface area contributed by atoms with Crippen molar-refractivity contribution >= 4 is 29.3 Å². The zero-order valence-electron chi connectivity index (χ0n) is 17.8. The summed E-state index contributed by atoms with van der Waals surface area (Å²) in [4.78, 5) is 31.1. The first kappa shape index (κ1) is 21.7. The van der Waals surface area contributed by atoms with Crippen LogP contribution in [0, 0.1) is 0 Å². The third-order valence-electron chi connectivity index (χ3n) is 5.17. The molecular formula is C24H23N3O4S. The number of aromatic nitrogens is 1. The Balaban J connectivity index is 1.41. The lowest BCUT2D eigenvalue weighted by molar-refractivity contribution is -0.116. The van der Waals surface area contributed by atoms with Crippen molar-refractivity contribution in [2.45, 2.75) is 18.1 Å². The van der Waals surface area contributed by atoms with Crippen molar-refractivity contribution in [1.29, 1.82) is 0 Å². The Hall–Kier alpha value is -3.52. The number of pyridine rings is 1. The zero-order chi connectivity index (χ0) is 22.5. The Labute approximate surface area is 190 Å². The summed E-state index contributed by atoms with van der Waals surface area (Å²) in [5.74, 6) is 1.58. The summed E-state index contributed by atoms with van der Waals surface area (Å²) in [6.45, 7) is 0.764. The van der Waals surface area contributed by atoms with Gasteiger partial charge in [-0.05, 0) is 42.0 Å². The van der Waals surface area contributed by atoms with Crippen molar-refractivity contribution < 1.29 is 19.1 Å². The summed E-state index contributed by atoms with van der Waals surface area (Å²) in [6, 6.07) is 16.5. The van der Waals surface area contributed by atoms with Gasteiger partial charge in [0, 0.05) is 29.9 Å². The number of hydrogen-bond donors (Lipinski definition) is 1. The van der Waals surface area contributed by atoms with Crippen molar-refractivity contribution in [3.8, 4) is 11.5 Å². The van der Waals surface area contributed by atoms with Crippen LogP contribution in [-0.4, -0.2) is 36.8 Å². The highest BCUT2D eigenvalue weighted by Gasteiger charge is 2.25. The quantitative estimate of drug-likeness (QED) is 0.593. The van der Waals surface area contributed by atoms with Crippen LogP contribution >= 0.6 is 11.8 Å². The number of anilines is 1. The van der Waals surface area contributed by atoms with Crippen LogP contribution in [0.1, 0.15) is 21.5 Å². The van der Waals surface area contributed by atoms with E-state index >= 15 is 0 Å². The third-order valence-corrected chi connectivity index (χ3v) is 6.15. The number of fused-ring (bicyclic) bond motifs is 1. The smallest absolute Gasteiger partial charge is 0.251 e. The molecule has 8 heteroatoms. The van der Waals surface area contributed by atoms with Crippen LogP contribution < -0.4 is 19.7 Å². The molecule has 2 aromatic carbocycles. The van der Waals surface area contributed by atoms with Gasteiger partial charge in [0.05, 0.1) is 32.2 Å². The highest BCUT2D eigenvalue weighted by molar-refractivity contribution is 8.00. The highest BCUT2D eigenvalue weighted by atomic mass is 32.2. The average Bonchev–Trinajstić information content (AvgIpc) is 2.84. The van der Waals surface area contributed by atoms with Crippen molar-refractivity contribution in [2.24, 2.45) is 0 Å². The first-order valence-electron chi connectivity index (χ1n) is 10.0. The number of carbonyl (C=O) groups excluding carboxylic acids is 2. The molecule has 0 aliphatic carbocycles. The van der Waals surface area contributed by atoms with Crippen LogP contribution in [0.5, 0.6) is 11.5 Å². The predicted octanol–water partition coefficient (Wildman–Crippen LogP) is 3.67. The standard InChI is InChI=1S/C24H23N3O4S/c1-30-19-10-9-18(21(12-19)31-2)13-26-23(29)17-7-5-16(6-8-17)14-27-20-4-3-11-25-24(20)32-15-22(27)28/h3-12H,13-15H2,1-2H3,(H,26,29). The Bertz CT molecular complexity index is 1130. The molecule has 0 spiro atoms. The van der Waals surface area contributed by atoms with Gasteiger partial charge in [0.2, 0.25) is 5.91 Å². The van der Waals surface area contributed by atoms with Gasteiger partial charge in [0.15, 0.2) is 0 Å². The molecule has 0 saturated carbocycles. The van der Waals surface area contributed by atoms with E-state index in [0.717, 1.165) is 21.8 Å². The molecule has 0 radical (unpaired) electrons. The Morgan fingerprint density at radius 2 is 1.94 bits per heavy atom. The number of ether oxygens (including phenoxy) is 2. The topological polar surface area (TPSA) is 80.8 Å². The molecule has 4 rings (SSSR count). The Kier molecular flexibility index (Phi) is 6.61. The monoisotopic (exact) mass is 449 g/mol. The molecule has 1 aliphatic heterocycles. The summed E-state index contributed by atoms with van der Waals surface area (Å²) in [5.41, 5.74) is 3.16. The molecule has 32 heavy (non-hydrogen) atoms. The van der Waals surface area contributed by atoms with Gasteiger partial charge in [-0.3, -0.25) is 9.59 Å². The molecule has 7 nitrogen and oxygen atoms in total. The maximum atomic E-state index is 12.6. The molecule has 0 bridgehead atoms. The summed E-state index contributed by atoms with van der Waals surface area (Å²) in [7, 11) is 3.18. The second-order valence-electron chi connectivity index (χ2n) is 7.15. The van der Waals surface area contributed by atoms with Gasteiger partial charge in [0.1, 0.15) is 16.5 Å². The van der Waals surface area contributed by atoms with Gasteiger partial charge in [-0.1, -0.05) is 23.9 Å². The normalized spacial score (nSPS) is 12.8. The third kappa shape index (κ3) is 4.70. The van der Waals surface area contributed by atoms with Crippen molar-refractivity contribution in [3.05, 3.63) is 77.5 Å². The minimum atomic E-state index is -0.186. The van der Waals surface area contributed by atoms with E-state index in [4.69, 9.17) is 9.47 Å². The SMILES string of the molecule is COc1ccc(CNC(=O)c2ccc(CN3C(=O)CSc4ncccc43)cc2)c(OC)c1. The molecule has 0 saturated heterocycles.